The van der Waals surface area contributed by atoms with Gasteiger partial charge in [0.25, 0.3) is 0 Å². The molecule has 49 heavy (non-hydrogen) atoms. The number of nitrogens with zero attached hydrogens (tertiary/aromatic N) is 3. The topological polar surface area (TPSA) is 42.2 Å². The van der Waals surface area contributed by atoms with Crippen LogP contribution in [0.15, 0.2) is 186 Å². The molecule has 0 radical (unpaired) electrons. The SMILES string of the molecule is c1ccc(-c2nnc(-c3ccc(N(c4ccccc4)c4ccc(-c5ccc6c(c5)-c5ccccc5I6c5ccccc5)cc4)cc3)o2)cc1. The Hall–Kier alpha value is -5.79. The number of halogens is 1. The average Bonchev–Trinajstić information content (AvgIpc) is 3.80. The molecule has 0 saturated carbocycles. The zero-order valence-electron chi connectivity index (χ0n) is 26.4. The molecule has 9 rings (SSSR count). The Kier molecular flexibility index (Phi) is 7.59. The second-order valence-corrected chi connectivity index (χ2v) is 17.0. The van der Waals surface area contributed by atoms with Gasteiger partial charge in [0.05, 0.1) is 0 Å². The molecular formula is C44H30IN3O. The zero-order chi connectivity index (χ0) is 32.6. The van der Waals surface area contributed by atoms with Crippen LogP contribution in [0.25, 0.3) is 45.2 Å². The predicted octanol–water partition coefficient (Wildman–Crippen LogP) is 11.9. The standard InChI is InChI=1S/C44H30IN3O/c1-4-12-32(13-5-1)43-46-47-44(49-43)33-22-27-38(28-23-33)48(36-16-8-3-9-17-36)37-25-20-31(21-26-37)34-24-29-42-40(30-34)39-18-10-11-19-41(39)45(42)35-14-6-2-7-15-35/h1-30H. The first-order valence-corrected chi connectivity index (χ1v) is 19.5. The average molecular weight is 744 g/mol. The van der Waals surface area contributed by atoms with Gasteiger partial charge in [-0.05, 0) is 12.1 Å². The van der Waals surface area contributed by atoms with Crippen molar-refractivity contribution in [3.05, 3.63) is 193 Å². The van der Waals surface area contributed by atoms with Crippen LogP contribution >= 0.6 is 19.8 Å². The molecule has 1 aliphatic rings. The molecule has 234 valence electrons. The van der Waals surface area contributed by atoms with Gasteiger partial charge in [-0.15, -0.1) is 10.2 Å². The Morgan fingerprint density at radius 1 is 0.388 bits per heavy atom. The zero-order valence-corrected chi connectivity index (χ0v) is 28.6. The third-order valence-corrected chi connectivity index (χ3v) is 15.0. The van der Waals surface area contributed by atoms with Gasteiger partial charge in [0, 0.05) is 11.1 Å². The summed E-state index contributed by atoms with van der Waals surface area (Å²) in [5, 5.41) is 8.59. The molecule has 0 N–H and O–H groups in total. The number of hydrogen-bond acceptors (Lipinski definition) is 4. The van der Waals surface area contributed by atoms with E-state index in [0.717, 1.165) is 28.2 Å². The first kappa shape index (κ1) is 29.4. The number of fused-ring (bicyclic) bond motifs is 3. The summed E-state index contributed by atoms with van der Waals surface area (Å²) in [7, 11) is 0. The van der Waals surface area contributed by atoms with Crippen molar-refractivity contribution < 1.29 is 4.42 Å². The normalized spacial score (nSPS) is 12.4. The van der Waals surface area contributed by atoms with Crippen LogP contribution in [0.3, 0.4) is 0 Å². The van der Waals surface area contributed by atoms with Crippen molar-refractivity contribution in [1.29, 1.82) is 0 Å². The van der Waals surface area contributed by atoms with E-state index in [0.29, 0.717) is 11.8 Å². The quantitative estimate of drug-likeness (QED) is 0.152. The van der Waals surface area contributed by atoms with Crippen LogP contribution in [-0.2, 0) is 0 Å². The van der Waals surface area contributed by atoms with Crippen molar-refractivity contribution in [3.8, 4) is 45.2 Å². The Morgan fingerprint density at radius 2 is 0.878 bits per heavy atom. The fraction of sp³-hybridized carbons (Fsp3) is 0. The second kappa shape index (κ2) is 12.7. The summed E-state index contributed by atoms with van der Waals surface area (Å²) in [6.45, 7) is 0. The van der Waals surface area contributed by atoms with E-state index < -0.39 is 19.8 Å². The van der Waals surface area contributed by atoms with Gasteiger partial charge in [-0.2, -0.15) is 0 Å². The van der Waals surface area contributed by atoms with Crippen LogP contribution in [0.4, 0.5) is 17.1 Å². The van der Waals surface area contributed by atoms with Crippen LogP contribution in [0.5, 0.6) is 0 Å². The van der Waals surface area contributed by atoms with Crippen molar-refractivity contribution in [2.75, 3.05) is 4.90 Å². The summed E-state index contributed by atoms with van der Waals surface area (Å²) in [5.41, 5.74) is 10.2. The number of para-hydroxylation sites is 1. The molecule has 4 nitrogen and oxygen atoms in total. The summed E-state index contributed by atoms with van der Waals surface area (Å²) in [6, 6.07) is 64.7. The minimum Gasteiger partial charge on any atom is -0.416 e. The Morgan fingerprint density at radius 3 is 1.55 bits per heavy atom. The van der Waals surface area contributed by atoms with Crippen molar-refractivity contribution in [2.24, 2.45) is 0 Å². The predicted molar refractivity (Wildman–Crippen MR) is 207 cm³/mol. The minimum absolute atomic E-state index is 0.496. The van der Waals surface area contributed by atoms with E-state index in [1.165, 1.54) is 33.0 Å². The van der Waals surface area contributed by atoms with Crippen LogP contribution < -0.4 is 4.90 Å². The van der Waals surface area contributed by atoms with Gasteiger partial charge in [-0.1, -0.05) is 24.3 Å². The van der Waals surface area contributed by atoms with E-state index in [4.69, 9.17) is 4.42 Å². The van der Waals surface area contributed by atoms with Crippen LogP contribution in [0.1, 0.15) is 0 Å². The molecule has 8 aromatic rings. The molecule has 0 spiro atoms. The molecule has 0 aliphatic carbocycles. The minimum atomic E-state index is -1.72. The Bertz CT molecular complexity index is 2370. The van der Waals surface area contributed by atoms with E-state index in [2.05, 4.69) is 149 Å². The van der Waals surface area contributed by atoms with Gasteiger partial charge in [-0.25, -0.2) is 0 Å². The van der Waals surface area contributed by atoms with Gasteiger partial charge < -0.3 is 4.42 Å². The maximum atomic E-state index is 6.02. The van der Waals surface area contributed by atoms with Gasteiger partial charge in [-0.3, -0.25) is 0 Å². The summed E-state index contributed by atoms with van der Waals surface area (Å²) in [4.78, 5) is 2.27. The number of anilines is 3. The third kappa shape index (κ3) is 5.52. The van der Waals surface area contributed by atoms with Crippen molar-refractivity contribution in [3.63, 3.8) is 0 Å². The van der Waals surface area contributed by atoms with E-state index >= 15 is 0 Å². The molecule has 0 atom stereocenters. The summed E-state index contributed by atoms with van der Waals surface area (Å²) in [5.74, 6) is 1.01. The van der Waals surface area contributed by atoms with Crippen molar-refractivity contribution in [2.45, 2.75) is 0 Å². The first-order chi connectivity index (χ1) is 24.3. The number of aromatic nitrogens is 2. The summed E-state index contributed by atoms with van der Waals surface area (Å²) >= 11 is -1.72. The molecule has 2 heterocycles. The van der Waals surface area contributed by atoms with E-state index in [9.17, 15) is 0 Å². The Balaban J connectivity index is 1.03. The Labute approximate surface area is 292 Å². The second-order valence-electron chi connectivity index (χ2n) is 11.8. The van der Waals surface area contributed by atoms with Crippen molar-refractivity contribution in [1.82, 2.24) is 10.2 Å². The molecule has 1 aromatic heterocycles. The first-order valence-electron chi connectivity index (χ1n) is 16.2. The third-order valence-electron chi connectivity index (χ3n) is 8.78. The van der Waals surface area contributed by atoms with Gasteiger partial charge in [0.15, 0.2) is 0 Å². The van der Waals surface area contributed by atoms with Crippen LogP contribution in [-0.4, -0.2) is 10.2 Å². The van der Waals surface area contributed by atoms with E-state index in [-0.39, 0.29) is 0 Å². The number of rotatable bonds is 7. The molecule has 0 saturated heterocycles. The monoisotopic (exact) mass is 743 g/mol. The van der Waals surface area contributed by atoms with Crippen LogP contribution in [0, 0.1) is 10.7 Å². The van der Waals surface area contributed by atoms with Gasteiger partial charge >= 0.3 is 220 Å². The number of hydrogen-bond donors (Lipinski definition) is 0. The van der Waals surface area contributed by atoms with Crippen LogP contribution in [0.2, 0.25) is 0 Å². The van der Waals surface area contributed by atoms with Gasteiger partial charge in [0.1, 0.15) is 0 Å². The summed E-state index contributed by atoms with van der Waals surface area (Å²) in [6.07, 6.45) is 0. The maximum absolute atomic E-state index is 6.02. The molecule has 5 heteroatoms. The number of benzene rings is 7. The molecule has 7 aromatic carbocycles. The molecule has 0 fully saturated rings. The molecular weight excluding hydrogens is 713 g/mol. The molecule has 0 amide bonds. The van der Waals surface area contributed by atoms with E-state index in [1.54, 1.807) is 0 Å². The molecule has 1 aliphatic heterocycles. The smallest absolute Gasteiger partial charge is 0.416 e. The van der Waals surface area contributed by atoms with Crippen molar-refractivity contribution >= 4 is 36.9 Å². The fourth-order valence-electron chi connectivity index (χ4n) is 6.42. The van der Waals surface area contributed by atoms with Gasteiger partial charge in [0.2, 0.25) is 11.8 Å². The fourth-order valence-corrected chi connectivity index (χ4v) is 12.7. The van der Waals surface area contributed by atoms with E-state index in [1.807, 2.05) is 48.5 Å². The summed E-state index contributed by atoms with van der Waals surface area (Å²) < 4.78 is 10.6. The molecule has 0 unspecified atom stereocenters. The molecule has 0 bridgehead atoms.